The zero-order valence-corrected chi connectivity index (χ0v) is 27.6. The molecule has 4 rings (SSSR count). The summed E-state index contributed by atoms with van der Waals surface area (Å²) in [5.41, 5.74) is 2.23. The summed E-state index contributed by atoms with van der Waals surface area (Å²) in [4.78, 5) is 46.5. The highest BCUT2D eigenvalue weighted by Crippen LogP contribution is 2.30. The number of piperidine rings is 1. The SMILES string of the molecule is CCC(=O)C[C@@H](Cc1nc2ccc(C(C)C)cc2s1)C(=O)N[C@H](CCC(=O)/C=C/CN1CCCCC1)CC1CCCCC1. The Kier molecular flexibility index (Phi) is 13.4. The number of aromatic nitrogens is 1. The Balaban J connectivity index is 1.41. The lowest BCUT2D eigenvalue weighted by Crippen LogP contribution is -2.41. The number of ketones is 2. The molecule has 7 heteroatoms. The van der Waals surface area contributed by atoms with E-state index in [1.807, 2.05) is 13.0 Å². The van der Waals surface area contributed by atoms with Crippen LogP contribution in [0.3, 0.4) is 0 Å². The van der Waals surface area contributed by atoms with Crippen LogP contribution in [-0.4, -0.2) is 53.0 Å². The molecular formula is C36H53N3O3S. The van der Waals surface area contributed by atoms with Gasteiger partial charge in [-0.15, -0.1) is 11.3 Å². The highest BCUT2D eigenvalue weighted by molar-refractivity contribution is 7.18. The van der Waals surface area contributed by atoms with Gasteiger partial charge in [0.15, 0.2) is 5.78 Å². The lowest BCUT2D eigenvalue weighted by atomic mass is 9.83. The van der Waals surface area contributed by atoms with Gasteiger partial charge in [0, 0.05) is 38.3 Å². The molecule has 43 heavy (non-hydrogen) atoms. The van der Waals surface area contributed by atoms with Gasteiger partial charge in [0.1, 0.15) is 5.78 Å². The first-order valence-electron chi connectivity index (χ1n) is 16.9. The van der Waals surface area contributed by atoms with Gasteiger partial charge in [0.25, 0.3) is 0 Å². The molecule has 1 aromatic carbocycles. The second kappa shape index (κ2) is 17.2. The average molecular weight is 608 g/mol. The van der Waals surface area contributed by atoms with E-state index in [2.05, 4.69) is 42.3 Å². The van der Waals surface area contributed by atoms with E-state index in [0.717, 1.165) is 41.3 Å². The third kappa shape index (κ3) is 10.9. The van der Waals surface area contributed by atoms with Crippen molar-refractivity contribution in [1.29, 1.82) is 0 Å². The fraction of sp³-hybridized carbons (Fsp3) is 0.667. The van der Waals surface area contributed by atoms with Crippen LogP contribution in [0.5, 0.6) is 0 Å². The number of nitrogens with one attached hydrogen (secondary N) is 1. The molecule has 6 nitrogen and oxygen atoms in total. The number of rotatable bonds is 16. The average Bonchev–Trinajstić information content (AvgIpc) is 3.42. The van der Waals surface area contributed by atoms with Crippen molar-refractivity contribution in [2.24, 2.45) is 11.8 Å². The van der Waals surface area contributed by atoms with Gasteiger partial charge in [-0.3, -0.25) is 19.3 Å². The van der Waals surface area contributed by atoms with E-state index in [1.165, 1.54) is 56.9 Å². The maximum absolute atomic E-state index is 13.8. The lowest BCUT2D eigenvalue weighted by Gasteiger charge is -2.28. The van der Waals surface area contributed by atoms with Gasteiger partial charge >= 0.3 is 0 Å². The van der Waals surface area contributed by atoms with Gasteiger partial charge in [-0.1, -0.05) is 71.4 Å². The number of nitrogens with zero attached hydrogens (tertiary/aromatic N) is 2. The van der Waals surface area contributed by atoms with Crippen LogP contribution in [0.4, 0.5) is 0 Å². The van der Waals surface area contributed by atoms with Crippen LogP contribution in [0.2, 0.25) is 0 Å². The Hall–Kier alpha value is -2.38. The molecule has 0 radical (unpaired) electrons. The number of allylic oxidation sites excluding steroid dienone is 1. The number of amides is 1. The summed E-state index contributed by atoms with van der Waals surface area (Å²) >= 11 is 1.63. The van der Waals surface area contributed by atoms with E-state index in [0.29, 0.717) is 37.5 Å². The van der Waals surface area contributed by atoms with Crippen LogP contribution < -0.4 is 5.32 Å². The minimum absolute atomic E-state index is 0.0572. The topological polar surface area (TPSA) is 79.4 Å². The lowest BCUT2D eigenvalue weighted by molar-refractivity contribution is -0.130. The summed E-state index contributed by atoms with van der Waals surface area (Å²) < 4.78 is 1.13. The predicted octanol–water partition coefficient (Wildman–Crippen LogP) is 7.79. The van der Waals surface area contributed by atoms with Crippen molar-refractivity contribution in [3.05, 3.63) is 40.9 Å². The van der Waals surface area contributed by atoms with Crippen LogP contribution in [0.15, 0.2) is 30.4 Å². The number of benzene rings is 1. The first-order valence-corrected chi connectivity index (χ1v) is 17.8. The van der Waals surface area contributed by atoms with Crippen molar-refractivity contribution in [1.82, 2.24) is 15.2 Å². The molecule has 1 aliphatic carbocycles. The van der Waals surface area contributed by atoms with Gasteiger partial charge in [-0.2, -0.15) is 0 Å². The first kappa shape index (κ1) is 33.5. The molecule has 236 valence electrons. The molecule has 2 aliphatic rings. The largest absolute Gasteiger partial charge is 0.353 e. The van der Waals surface area contributed by atoms with Crippen LogP contribution >= 0.6 is 11.3 Å². The summed E-state index contributed by atoms with van der Waals surface area (Å²) in [6.07, 6.45) is 16.8. The summed E-state index contributed by atoms with van der Waals surface area (Å²) in [6, 6.07) is 6.33. The standard InChI is InChI=1S/C36H53N3O3S/c1-4-31(40)23-29(25-35-38-33-18-15-28(26(2)3)24-34(33)43-35)36(42)37-30(22-27-12-7-5-8-13-27)16-17-32(41)14-11-21-39-19-9-6-10-20-39/h11,14-15,18,24,26-27,29-30H,4-10,12-13,16-17,19-23,25H2,1-3H3,(H,37,42)/b14-11+/t29-,30+/m0/s1. The third-order valence-corrected chi connectivity index (χ3v) is 10.4. The Labute approximate surface area is 263 Å². The van der Waals surface area contributed by atoms with Crippen molar-refractivity contribution < 1.29 is 14.4 Å². The van der Waals surface area contributed by atoms with Gasteiger partial charge in [-0.05, 0) is 74.4 Å². The van der Waals surface area contributed by atoms with Crippen molar-refractivity contribution in [3.63, 3.8) is 0 Å². The highest BCUT2D eigenvalue weighted by atomic mass is 32.1. The number of likely N-dealkylation sites (tertiary alicyclic amines) is 1. The van der Waals surface area contributed by atoms with Crippen molar-refractivity contribution in [3.8, 4) is 0 Å². The van der Waals surface area contributed by atoms with E-state index >= 15 is 0 Å². The van der Waals surface area contributed by atoms with E-state index in [9.17, 15) is 14.4 Å². The summed E-state index contributed by atoms with van der Waals surface area (Å²) in [7, 11) is 0. The molecule has 0 bridgehead atoms. The molecule has 1 N–H and O–H groups in total. The highest BCUT2D eigenvalue weighted by Gasteiger charge is 2.27. The summed E-state index contributed by atoms with van der Waals surface area (Å²) in [5, 5.41) is 4.24. The van der Waals surface area contributed by atoms with Crippen LogP contribution in [0, 0.1) is 11.8 Å². The number of Topliss-reactive ketones (excluding diaryl/α,β-unsaturated/α-hetero) is 1. The molecule has 1 aliphatic heterocycles. The Bertz CT molecular complexity index is 1220. The molecule has 1 saturated heterocycles. The Morgan fingerprint density at radius 1 is 1.07 bits per heavy atom. The minimum Gasteiger partial charge on any atom is -0.353 e. The number of hydrogen-bond acceptors (Lipinski definition) is 6. The molecule has 2 atom stereocenters. The molecule has 1 aromatic heterocycles. The summed E-state index contributed by atoms with van der Waals surface area (Å²) in [5.74, 6) is 0.728. The van der Waals surface area contributed by atoms with E-state index in [1.54, 1.807) is 17.4 Å². The van der Waals surface area contributed by atoms with E-state index in [4.69, 9.17) is 4.98 Å². The van der Waals surface area contributed by atoms with Crippen LogP contribution in [0.25, 0.3) is 10.2 Å². The number of carbonyl (C=O) groups is 3. The molecule has 0 spiro atoms. The number of hydrogen-bond donors (Lipinski definition) is 1. The number of fused-ring (bicyclic) bond motifs is 1. The summed E-state index contributed by atoms with van der Waals surface area (Å²) in [6.45, 7) is 9.30. The maximum Gasteiger partial charge on any atom is 0.224 e. The maximum atomic E-state index is 13.8. The molecule has 2 heterocycles. The van der Waals surface area contributed by atoms with E-state index < -0.39 is 5.92 Å². The minimum atomic E-state index is -0.452. The van der Waals surface area contributed by atoms with Crippen molar-refractivity contribution in [2.75, 3.05) is 19.6 Å². The zero-order chi connectivity index (χ0) is 30.6. The normalized spacial score (nSPS) is 18.3. The van der Waals surface area contributed by atoms with Gasteiger partial charge < -0.3 is 5.32 Å². The second-order valence-corrected chi connectivity index (χ2v) is 14.3. The van der Waals surface area contributed by atoms with Gasteiger partial charge in [0.2, 0.25) is 5.91 Å². The Morgan fingerprint density at radius 3 is 2.53 bits per heavy atom. The first-order chi connectivity index (χ1) is 20.8. The van der Waals surface area contributed by atoms with Gasteiger partial charge in [-0.25, -0.2) is 4.98 Å². The number of thiazole rings is 1. The molecule has 2 aromatic rings. The third-order valence-electron chi connectivity index (χ3n) is 9.33. The molecule has 1 amide bonds. The number of carbonyl (C=O) groups excluding carboxylic acids is 3. The van der Waals surface area contributed by atoms with Crippen LogP contribution in [0.1, 0.15) is 121 Å². The van der Waals surface area contributed by atoms with Gasteiger partial charge in [0.05, 0.1) is 21.1 Å². The Morgan fingerprint density at radius 2 is 1.81 bits per heavy atom. The fourth-order valence-corrected chi connectivity index (χ4v) is 7.69. The molecule has 2 fully saturated rings. The quantitative estimate of drug-likeness (QED) is 0.197. The second-order valence-electron chi connectivity index (χ2n) is 13.2. The molecule has 0 unspecified atom stereocenters. The van der Waals surface area contributed by atoms with Crippen molar-refractivity contribution in [2.45, 2.75) is 123 Å². The molecular weight excluding hydrogens is 554 g/mol. The predicted molar refractivity (Wildman–Crippen MR) is 178 cm³/mol. The smallest absolute Gasteiger partial charge is 0.224 e. The zero-order valence-electron chi connectivity index (χ0n) is 26.7. The fourth-order valence-electron chi connectivity index (χ4n) is 6.59. The molecule has 1 saturated carbocycles. The monoisotopic (exact) mass is 607 g/mol. The van der Waals surface area contributed by atoms with E-state index in [-0.39, 0.29) is 29.9 Å². The van der Waals surface area contributed by atoms with Crippen LogP contribution in [-0.2, 0) is 20.8 Å². The van der Waals surface area contributed by atoms with Crippen molar-refractivity contribution >= 4 is 39.0 Å².